The van der Waals surface area contributed by atoms with Crippen molar-refractivity contribution in [2.24, 2.45) is 0 Å². The minimum absolute atomic E-state index is 0.174. The molecule has 2 aromatic rings. The van der Waals surface area contributed by atoms with Gasteiger partial charge in [0.05, 0.1) is 16.9 Å². The van der Waals surface area contributed by atoms with Crippen LogP contribution in [0.15, 0.2) is 54.6 Å². The second-order valence-corrected chi connectivity index (χ2v) is 9.39. The van der Waals surface area contributed by atoms with E-state index in [1.165, 1.54) is 0 Å². The zero-order valence-corrected chi connectivity index (χ0v) is 16.5. The molecule has 0 fully saturated rings. The van der Waals surface area contributed by atoms with Gasteiger partial charge in [-0.3, -0.25) is 0 Å². The number of nitriles is 1. The molecule has 1 N–H and O–H groups in total. The average Bonchev–Trinajstić information content (AvgIpc) is 2.68. The van der Waals surface area contributed by atoms with Crippen molar-refractivity contribution in [2.75, 3.05) is 0 Å². The number of allylic oxidation sites excluding steroid dienone is 1. The fraction of sp³-hybridized carbons (Fsp3) is 0.318. The first-order chi connectivity index (χ1) is 12.9. The molecule has 1 atom stereocenters. The summed E-state index contributed by atoms with van der Waals surface area (Å²) in [5, 5.41) is 8.47. The van der Waals surface area contributed by atoms with Crippen molar-refractivity contribution in [2.45, 2.75) is 44.4 Å². The lowest BCUT2D eigenvalue weighted by atomic mass is 9.89. The highest BCUT2D eigenvalue weighted by molar-refractivity contribution is 7.90. The monoisotopic (exact) mass is 380 g/mol. The van der Waals surface area contributed by atoms with E-state index in [4.69, 9.17) is 5.26 Å². The van der Waals surface area contributed by atoms with E-state index in [2.05, 4.69) is 16.9 Å². The summed E-state index contributed by atoms with van der Waals surface area (Å²) in [7, 11) is -3.31. The fourth-order valence-corrected chi connectivity index (χ4v) is 4.16. The fourth-order valence-electron chi connectivity index (χ4n) is 3.25. The van der Waals surface area contributed by atoms with Crippen LogP contribution in [0.5, 0.6) is 0 Å². The number of rotatable bonds is 5. The first kappa shape index (κ1) is 19.3. The van der Waals surface area contributed by atoms with E-state index in [0.29, 0.717) is 5.56 Å². The number of nitrogens with one attached hydrogen (secondary N) is 1. The van der Waals surface area contributed by atoms with Gasteiger partial charge < -0.3 is 0 Å². The summed E-state index contributed by atoms with van der Waals surface area (Å²) in [6, 6.07) is 17.6. The van der Waals surface area contributed by atoms with Crippen molar-refractivity contribution in [1.82, 2.24) is 4.72 Å². The minimum atomic E-state index is -3.31. The van der Waals surface area contributed by atoms with Gasteiger partial charge in [0.15, 0.2) is 0 Å². The highest BCUT2D eigenvalue weighted by Gasteiger charge is 2.26. The molecular formula is C22H24N2O2S. The Morgan fingerprint density at radius 1 is 1.00 bits per heavy atom. The predicted molar refractivity (Wildman–Crippen MR) is 109 cm³/mol. The Morgan fingerprint density at radius 2 is 1.56 bits per heavy atom. The van der Waals surface area contributed by atoms with Gasteiger partial charge in [0, 0.05) is 6.04 Å². The number of hydrogen-bond donors (Lipinski definition) is 1. The molecule has 0 amide bonds. The van der Waals surface area contributed by atoms with E-state index in [9.17, 15) is 8.42 Å². The van der Waals surface area contributed by atoms with Crippen molar-refractivity contribution in [3.8, 4) is 17.2 Å². The quantitative estimate of drug-likeness (QED) is 0.831. The Kier molecular flexibility index (Phi) is 5.79. The van der Waals surface area contributed by atoms with Crippen molar-refractivity contribution in [1.29, 1.82) is 5.26 Å². The van der Waals surface area contributed by atoms with Crippen molar-refractivity contribution >= 4 is 15.6 Å². The summed E-state index contributed by atoms with van der Waals surface area (Å²) in [6.07, 6.45) is 4.91. The normalized spacial score (nSPS) is 17.4. The molecule has 1 aliphatic carbocycles. The first-order valence-electron chi connectivity index (χ1n) is 9.23. The minimum Gasteiger partial charge on any atom is -0.212 e. The largest absolute Gasteiger partial charge is 0.214 e. The van der Waals surface area contributed by atoms with Crippen LogP contribution in [0.2, 0.25) is 0 Å². The molecule has 5 heteroatoms. The topological polar surface area (TPSA) is 70.0 Å². The zero-order valence-electron chi connectivity index (χ0n) is 15.6. The maximum Gasteiger partial charge on any atom is 0.214 e. The van der Waals surface area contributed by atoms with Gasteiger partial charge in [0.1, 0.15) is 0 Å². The molecule has 0 heterocycles. The summed E-state index contributed by atoms with van der Waals surface area (Å²) in [5.41, 5.74) is 4.86. The summed E-state index contributed by atoms with van der Waals surface area (Å²) >= 11 is 0. The van der Waals surface area contributed by atoms with E-state index in [-0.39, 0.29) is 6.04 Å². The third-order valence-electron chi connectivity index (χ3n) is 4.93. The molecule has 0 aromatic heterocycles. The van der Waals surface area contributed by atoms with E-state index in [0.717, 1.165) is 41.5 Å². The molecule has 27 heavy (non-hydrogen) atoms. The molecule has 1 unspecified atom stereocenters. The van der Waals surface area contributed by atoms with Crippen molar-refractivity contribution < 1.29 is 8.42 Å². The maximum atomic E-state index is 12.3. The van der Waals surface area contributed by atoms with Gasteiger partial charge in [-0.2, -0.15) is 5.26 Å². The lowest BCUT2D eigenvalue weighted by molar-refractivity contribution is 0.547. The van der Waals surface area contributed by atoms with Gasteiger partial charge in [-0.15, -0.1) is 0 Å². The summed E-state index contributed by atoms with van der Waals surface area (Å²) < 4.78 is 27.5. The lowest BCUT2D eigenvalue weighted by Gasteiger charge is -2.26. The molecule has 3 rings (SSSR count). The predicted octanol–water partition coefficient (Wildman–Crippen LogP) is 4.49. The highest BCUT2D eigenvalue weighted by atomic mass is 32.2. The van der Waals surface area contributed by atoms with Crippen LogP contribution >= 0.6 is 0 Å². The number of benzene rings is 2. The number of nitrogens with zero attached hydrogens (tertiary/aromatic N) is 1. The molecule has 4 nitrogen and oxygen atoms in total. The van der Waals surface area contributed by atoms with Crippen molar-refractivity contribution in [3.05, 3.63) is 65.7 Å². The van der Waals surface area contributed by atoms with Crippen molar-refractivity contribution in [3.63, 3.8) is 0 Å². The molecule has 0 radical (unpaired) electrons. The SMILES string of the molecule is CC(C)S(=O)(=O)NC1CCCC=C1c1ccc(-c2ccc(C#N)cc2)cc1. The van der Waals surface area contributed by atoms with E-state index >= 15 is 0 Å². The third-order valence-corrected chi connectivity index (χ3v) is 6.78. The van der Waals surface area contributed by atoms with Crippen LogP contribution in [0.3, 0.4) is 0 Å². The molecule has 0 aliphatic heterocycles. The second-order valence-electron chi connectivity index (χ2n) is 7.12. The zero-order chi connectivity index (χ0) is 19.4. The second kappa shape index (κ2) is 8.08. The smallest absolute Gasteiger partial charge is 0.212 e. The average molecular weight is 381 g/mol. The van der Waals surface area contributed by atoms with Gasteiger partial charge in [-0.25, -0.2) is 13.1 Å². The Bertz CT molecular complexity index is 966. The Labute approximate surface area is 161 Å². The summed E-state index contributed by atoms with van der Waals surface area (Å²) in [5.74, 6) is 0. The van der Waals surface area contributed by atoms with Gasteiger partial charge >= 0.3 is 0 Å². The Balaban J connectivity index is 1.84. The number of hydrogen-bond acceptors (Lipinski definition) is 3. The highest BCUT2D eigenvalue weighted by Crippen LogP contribution is 2.30. The van der Waals surface area contributed by atoms with E-state index in [1.54, 1.807) is 13.8 Å². The Hall–Kier alpha value is -2.42. The lowest BCUT2D eigenvalue weighted by Crippen LogP contribution is -2.40. The molecule has 1 aliphatic rings. The van der Waals surface area contributed by atoms with Gasteiger partial charge in [0.2, 0.25) is 10.0 Å². The molecule has 0 spiro atoms. The molecule has 0 saturated heterocycles. The van der Waals surface area contributed by atoms with Crippen LogP contribution in [0, 0.1) is 11.3 Å². The van der Waals surface area contributed by atoms with E-state index in [1.807, 2.05) is 48.5 Å². The number of sulfonamides is 1. The van der Waals surface area contributed by atoms with Gasteiger partial charge in [-0.05, 0) is 67.5 Å². The van der Waals surface area contributed by atoms with Gasteiger partial charge in [-0.1, -0.05) is 42.5 Å². The van der Waals surface area contributed by atoms with E-state index < -0.39 is 15.3 Å². The summed E-state index contributed by atoms with van der Waals surface area (Å²) in [4.78, 5) is 0. The molecule has 140 valence electrons. The van der Waals surface area contributed by atoms with Crippen LogP contribution in [-0.4, -0.2) is 19.7 Å². The molecule has 0 bridgehead atoms. The van der Waals surface area contributed by atoms with Gasteiger partial charge in [0.25, 0.3) is 0 Å². The first-order valence-corrected chi connectivity index (χ1v) is 10.8. The third kappa shape index (κ3) is 4.47. The standard InChI is InChI=1S/C22H24N2O2S/c1-16(2)27(25,26)24-22-6-4-3-5-21(22)20-13-11-19(12-14-20)18-9-7-17(15-23)8-10-18/h5,7-14,16,22,24H,3-4,6H2,1-2H3. The van der Waals surface area contributed by atoms with Crippen LogP contribution in [0.4, 0.5) is 0 Å². The summed E-state index contributed by atoms with van der Waals surface area (Å²) in [6.45, 7) is 3.39. The van der Waals surface area contributed by atoms with Crippen LogP contribution < -0.4 is 4.72 Å². The molecule has 2 aromatic carbocycles. The molecular weight excluding hydrogens is 356 g/mol. The van der Waals surface area contributed by atoms with Crippen LogP contribution in [0.25, 0.3) is 16.7 Å². The maximum absolute atomic E-state index is 12.3. The Morgan fingerprint density at radius 3 is 2.11 bits per heavy atom. The molecule has 0 saturated carbocycles. The van der Waals surface area contributed by atoms with Crippen LogP contribution in [-0.2, 0) is 10.0 Å². The van der Waals surface area contributed by atoms with Crippen LogP contribution in [0.1, 0.15) is 44.2 Å².